The minimum atomic E-state index is -0.721. The van der Waals surface area contributed by atoms with Gasteiger partial charge in [-0.3, -0.25) is 4.79 Å². The molecule has 4 unspecified atom stereocenters. The summed E-state index contributed by atoms with van der Waals surface area (Å²) in [7, 11) is 1.86. The number of carbonyl (C=O) groups excluding carboxylic acids is 1. The standard InChI is InChI=1S/C16H28N2O3/c1-11-5-3-7-13(9-11)18(2)16(21)17-10-12-6-4-8-14(12)15(19)20/h11-14H,3-10H2,1-2H3,(H,17,21)(H,19,20). The number of amides is 2. The molecular weight excluding hydrogens is 268 g/mol. The number of hydrogen-bond donors (Lipinski definition) is 2. The molecule has 0 heterocycles. The Labute approximate surface area is 127 Å². The zero-order valence-electron chi connectivity index (χ0n) is 13.2. The first-order valence-corrected chi connectivity index (χ1v) is 8.22. The van der Waals surface area contributed by atoms with Crippen LogP contribution in [0.2, 0.25) is 0 Å². The van der Waals surface area contributed by atoms with Crippen LogP contribution in [0.4, 0.5) is 4.79 Å². The molecule has 5 nitrogen and oxygen atoms in total. The van der Waals surface area contributed by atoms with E-state index in [9.17, 15) is 9.59 Å². The van der Waals surface area contributed by atoms with E-state index in [4.69, 9.17) is 5.11 Å². The van der Waals surface area contributed by atoms with Crippen molar-refractivity contribution < 1.29 is 14.7 Å². The number of rotatable bonds is 4. The Balaban J connectivity index is 1.79. The van der Waals surface area contributed by atoms with E-state index in [2.05, 4.69) is 12.2 Å². The number of carboxylic acid groups (broad SMARTS) is 1. The number of aliphatic carboxylic acids is 1. The molecule has 0 spiro atoms. The van der Waals surface area contributed by atoms with Crippen LogP contribution in [-0.4, -0.2) is 41.6 Å². The lowest BCUT2D eigenvalue weighted by Crippen LogP contribution is -2.46. The minimum Gasteiger partial charge on any atom is -0.481 e. The van der Waals surface area contributed by atoms with Crippen molar-refractivity contribution in [3.63, 3.8) is 0 Å². The quantitative estimate of drug-likeness (QED) is 0.838. The van der Waals surface area contributed by atoms with Gasteiger partial charge in [0.2, 0.25) is 0 Å². The first-order valence-electron chi connectivity index (χ1n) is 8.22. The molecule has 2 aliphatic rings. The Bertz CT molecular complexity index is 386. The predicted molar refractivity (Wildman–Crippen MR) is 81.0 cm³/mol. The molecule has 21 heavy (non-hydrogen) atoms. The van der Waals surface area contributed by atoms with Gasteiger partial charge in [0.05, 0.1) is 5.92 Å². The van der Waals surface area contributed by atoms with Gasteiger partial charge in [-0.2, -0.15) is 0 Å². The molecule has 2 rings (SSSR count). The van der Waals surface area contributed by atoms with Crippen LogP contribution in [-0.2, 0) is 4.79 Å². The van der Waals surface area contributed by atoms with E-state index in [1.165, 1.54) is 12.8 Å². The monoisotopic (exact) mass is 296 g/mol. The second-order valence-electron chi connectivity index (χ2n) is 6.86. The third-order valence-corrected chi connectivity index (χ3v) is 5.27. The van der Waals surface area contributed by atoms with Crippen LogP contribution in [0.1, 0.15) is 51.9 Å². The fourth-order valence-electron chi connectivity index (χ4n) is 3.87. The largest absolute Gasteiger partial charge is 0.481 e. The molecule has 0 bridgehead atoms. The first kappa shape index (κ1) is 16.1. The first-order chi connectivity index (χ1) is 9.99. The highest BCUT2D eigenvalue weighted by molar-refractivity contribution is 5.74. The average Bonchev–Trinajstić information content (AvgIpc) is 2.92. The van der Waals surface area contributed by atoms with Crippen molar-refractivity contribution in [2.24, 2.45) is 17.8 Å². The number of nitrogens with one attached hydrogen (secondary N) is 1. The van der Waals surface area contributed by atoms with Crippen LogP contribution in [0, 0.1) is 17.8 Å². The summed E-state index contributed by atoms with van der Waals surface area (Å²) in [6.07, 6.45) is 7.20. The molecule has 0 aromatic rings. The summed E-state index contributed by atoms with van der Waals surface area (Å²) >= 11 is 0. The van der Waals surface area contributed by atoms with Crippen molar-refractivity contribution in [1.29, 1.82) is 0 Å². The summed E-state index contributed by atoms with van der Waals surface area (Å²) < 4.78 is 0. The van der Waals surface area contributed by atoms with Gasteiger partial charge in [0.1, 0.15) is 0 Å². The highest BCUT2D eigenvalue weighted by atomic mass is 16.4. The van der Waals surface area contributed by atoms with Crippen molar-refractivity contribution in [1.82, 2.24) is 10.2 Å². The van der Waals surface area contributed by atoms with Gasteiger partial charge in [0.15, 0.2) is 0 Å². The third-order valence-electron chi connectivity index (χ3n) is 5.27. The van der Waals surface area contributed by atoms with E-state index in [1.807, 2.05) is 11.9 Å². The van der Waals surface area contributed by atoms with Gasteiger partial charge in [0.25, 0.3) is 0 Å². The fourth-order valence-corrected chi connectivity index (χ4v) is 3.87. The van der Waals surface area contributed by atoms with Gasteiger partial charge < -0.3 is 15.3 Å². The second kappa shape index (κ2) is 7.14. The number of hydrogen-bond acceptors (Lipinski definition) is 2. The topological polar surface area (TPSA) is 69.6 Å². The molecule has 2 aliphatic carbocycles. The van der Waals surface area contributed by atoms with Crippen molar-refractivity contribution in [2.75, 3.05) is 13.6 Å². The van der Waals surface area contributed by atoms with Gasteiger partial charge >= 0.3 is 12.0 Å². The van der Waals surface area contributed by atoms with E-state index in [0.29, 0.717) is 18.5 Å². The number of carbonyl (C=O) groups is 2. The van der Waals surface area contributed by atoms with Crippen LogP contribution in [0.5, 0.6) is 0 Å². The van der Waals surface area contributed by atoms with Gasteiger partial charge in [-0.1, -0.05) is 26.2 Å². The normalized spacial score (nSPS) is 32.7. The SMILES string of the molecule is CC1CCCC(N(C)C(=O)NCC2CCCC2C(=O)O)C1. The Morgan fingerprint density at radius 2 is 1.90 bits per heavy atom. The molecule has 5 heteroatoms. The van der Waals surface area contributed by atoms with Gasteiger partial charge in [-0.25, -0.2) is 4.79 Å². The summed E-state index contributed by atoms with van der Waals surface area (Å²) in [4.78, 5) is 25.2. The van der Waals surface area contributed by atoms with E-state index in [-0.39, 0.29) is 17.9 Å². The Kier molecular flexibility index (Phi) is 5.48. The Hall–Kier alpha value is -1.26. The molecule has 2 amide bonds. The summed E-state index contributed by atoms with van der Waals surface area (Å²) in [5, 5.41) is 12.1. The zero-order chi connectivity index (χ0) is 15.4. The summed E-state index contributed by atoms with van der Waals surface area (Å²) in [6.45, 7) is 2.73. The number of nitrogens with zero attached hydrogens (tertiary/aromatic N) is 1. The molecule has 2 saturated carbocycles. The predicted octanol–water partition coefficient (Wildman–Crippen LogP) is 2.71. The van der Waals surface area contributed by atoms with Crippen molar-refractivity contribution in [3.8, 4) is 0 Å². The van der Waals surface area contributed by atoms with E-state index >= 15 is 0 Å². The van der Waals surface area contributed by atoms with Crippen molar-refractivity contribution in [2.45, 2.75) is 57.9 Å². The average molecular weight is 296 g/mol. The summed E-state index contributed by atoms with van der Waals surface area (Å²) in [5.74, 6) is -0.234. The molecule has 120 valence electrons. The lowest BCUT2D eigenvalue weighted by Gasteiger charge is -2.34. The Morgan fingerprint density at radius 3 is 2.57 bits per heavy atom. The molecule has 0 aromatic carbocycles. The van der Waals surface area contributed by atoms with E-state index < -0.39 is 5.97 Å². The zero-order valence-corrected chi connectivity index (χ0v) is 13.2. The molecular formula is C16H28N2O3. The van der Waals surface area contributed by atoms with Crippen LogP contribution < -0.4 is 5.32 Å². The highest BCUT2D eigenvalue weighted by Gasteiger charge is 2.33. The summed E-state index contributed by atoms with van der Waals surface area (Å²) in [6, 6.07) is 0.276. The minimum absolute atomic E-state index is 0.0508. The molecule has 0 aromatic heterocycles. The third kappa shape index (κ3) is 4.11. The number of urea groups is 1. The summed E-state index contributed by atoms with van der Waals surface area (Å²) in [5.41, 5.74) is 0. The maximum Gasteiger partial charge on any atom is 0.317 e. The highest BCUT2D eigenvalue weighted by Crippen LogP contribution is 2.31. The van der Waals surface area contributed by atoms with Crippen LogP contribution in [0.25, 0.3) is 0 Å². The Morgan fingerprint density at radius 1 is 1.19 bits per heavy atom. The lowest BCUT2D eigenvalue weighted by atomic mass is 9.86. The van der Waals surface area contributed by atoms with Gasteiger partial charge in [-0.05, 0) is 37.5 Å². The number of carboxylic acids is 1. The smallest absolute Gasteiger partial charge is 0.317 e. The molecule has 4 atom stereocenters. The maximum atomic E-state index is 12.2. The van der Waals surface area contributed by atoms with Crippen LogP contribution in [0.15, 0.2) is 0 Å². The molecule has 0 radical (unpaired) electrons. The van der Waals surface area contributed by atoms with E-state index in [0.717, 1.165) is 32.1 Å². The molecule has 0 aliphatic heterocycles. The van der Waals surface area contributed by atoms with Crippen molar-refractivity contribution >= 4 is 12.0 Å². The molecule has 2 N–H and O–H groups in total. The van der Waals surface area contributed by atoms with Crippen LogP contribution >= 0.6 is 0 Å². The fraction of sp³-hybridized carbons (Fsp3) is 0.875. The maximum absolute atomic E-state index is 12.2. The molecule has 2 fully saturated rings. The van der Waals surface area contributed by atoms with Crippen LogP contribution in [0.3, 0.4) is 0 Å². The lowest BCUT2D eigenvalue weighted by molar-refractivity contribution is -0.142. The van der Waals surface area contributed by atoms with Gasteiger partial charge in [-0.15, -0.1) is 0 Å². The van der Waals surface area contributed by atoms with E-state index in [1.54, 1.807) is 0 Å². The molecule has 0 saturated heterocycles. The van der Waals surface area contributed by atoms with Gasteiger partial charge in [0, 0.05) is 19.6 Å². The second-order valence-corrected chi connectivity index (χ2v) is 6.86. The van der Waals surface area contributed by atoms with Crippen molar-refractivity contribution in [3.05, 3.63) is 0 Å².